The van der Waals surface area contributed by atoms with E-state index in [-0.39, 0.29) is 37.8 Å². The number of alkyl halides is 2. The molecule has 6 nitrogen and oxygen atoms in total. The van der Waals surface area contributed by atoms with Crippen LogP contribution in [-0.4, -0.2) is 38.9 Å². The first kappa shape index (κ1) is 22.6. The van der Waals surface area contributed by atoms with E-state index in [1.165, 1.54) is 18.2 Å². The lowest BCUT2D eigenvalue weighted by Crippen LogP contribution is -2.36. The molecule has 1 N–H and O–H groups in total. The van der Waals surface area contributed by atoms with E-state index >= 15 is 0 Å². The molecule has 1 amide bonds. The molecule has 0 aromatic heterocycles. The Balaban J connectivity index is 1.90. The van der Waals surface area contributed by atoms with Gasteiger partial charge in [0.2, 0.25) is 0 Å². The number of carbonyl (C=O) groups excluding carboxylic acids is 1. The maximum Gasteiger partial charge on any atom is 0.387 e. The number of rotatable bonds is 6. The number of piperidine rings is 1. The first-order valence-corrected chi connectivity index (χ1v) is 11.3. The molecule has 0 radical (unpaired) electrons. The van der Waals surface area contributed by atoms with Gasteiger partial charge in [-0.25, -0.2) is 8.42 Å². The average molecular weight is 479 g/mol. The molecule has 162 valence electrons. The smallest absolute Gasteiger partial charge is 0.387 e. The Hall–Kier alpha value is -2.10. The Labute approximate surface area is 182 Å². The van der Waals surface area contributed by atoms with Crippen molar-refractivity contribution in [3.63, 3.8) is 0 Å². The second kappa shape index (κ2) is 9.36. The minimum absolute atomic E-state index is 0.0158. The van der Waals surface area contributed by atoms with Gasteiger partial charge in [0, 0.05) is 18.1 Å². The molecule has 1 aliphatic heterocycles. The number of ether oxygens (including phenoxy) is 1. The second-order valence-electron chi connectivity index (χ2n) is 6.62. The van der Waals surface area contributed by atoms with E-state index in [1.807, 2.05) is 0 Å². The van der Waals surface area contributed by atoms with Gasteiger partial charge in [0.15, 0.2) is 0 Å². The Kier molecular flexibility index (Phi) is 7.05. The van der Waals surface area contributed by atoms with Crippen LogP contribution in [0.5, 0.6) is 5.75 Å². The lowest BCUT2D eigenvalue weighted by Gasteiger charge is -2.27. The van der Waals surface area contributed by atoms with Crippen LogP contribution in [0, 0.1) is 0 Å². The highest BCUT2D eigenvalue weighted by Gasteiger charge is 2.24. The molecule has 0 unspecified atom stereocenters. The van der Waals surface area contributed by atoms with Gasteiger partial charge in [-0.05, 0) is 55.7 Å². The number of anilines is 1. The minimum atomic E-state index is -4.19. The number of carbonyl (C=O) groups is 1. The van der Waals surface area contributed by atoms with Crippen molar-refractivity contribution in [2.75, 3.05) is 17.8 Å². The van der Waals surface area contributed by atoms with Gasteiger partial charge in [0.1, 0.15) is 5.75 Å². The van der Waals surface area contributed by atoms with E-state index in [1.54, 1.807) is 4.90 Å². The number of nitrogens with one attached hydrogen (secondary N) is 1. The Bertz CT molecular complexity index is 1040. The number of hydrogen-bond acceptors (Lipinski definition) is 4. The molecule has 0 aliphatic carbocycles. The molecule has 1 saturated heterocycles. The first-order valence-electron chi connectivity index (χ1n) is 9.03. The van der Waals surface area contributed by atoms with E-state index in [0.29, 0.717) is 13.1 Å². The normalized spacial score (nSPS) is 14.6. The number of nitrogens with zero attached hydrogens (tertiary/aromatic N) is 1. The molecule has 30 heavy (non-hydrogen) atoms. The van der Waals surface area contributed by atoms with E-state index in [2.05, 4.69) is 9.46 Å². The van der Waals surface area contributed by atoms with Gasteiger partial charge >= 0.3 is 6.61 Å². The summed E-state index contributed by atoms with van der Waals surface area (Å²) in [5.74, 6) is -0.655. The maximum atomic E-state index is 12.9. The van der Waals surface area contributed by atoms with E-state index < -0.39 is 16.6 Å². The van der Waals surface area contributed by atoms with Gasteiger partial charge in [-0.1, -0.05) is 23.2 Å². The van der Waals surface area contributed by atoms with Crippen molar-refractivity contribution in [2.24, 2.45) is 0 Å². The van der Waals surface area contributed by atoms with Crippen LogP contribution in [0.4, 0.5) is 14.5 Å². The van der Waals surface area contributed by atoms with Crippen molar-refractivity contribution < 1.29 is 26.7 Å². The summed E-state index contributed by atoms with van der Waals surface area (Å²) < 4.78 is 57.0. The standard InChI is InChI=1S/C19H18Cl2F2N2O4S/c20-12-4-6-14(18(26)25-8-2-1-3-9-25)16(10-12)24-30(27,28)13-5-7-17(15(21)11-13)29-19(22)23/h4-7,10-11,19,24H,1-3,8-9H2. The van der Waals surface area contributed by atoms with Crippen LogP contribution in [0.3, 0.4) is 0 Å². The zero-order valence-electron chi connectivity index (χ0n) is 15.6. The monoisotopic (exact) mass is 478 g/mol. The molecular weight excluding hydrogens is 461 g/mol. The molecule has 0 bridgehead atoms. The Morgan fingerprint density at radius 1 is 1.07 bits per heavy atom. The lowest BCUT2D eigenvalue weighted by atomic mass is 10.1. The maximum absolute atomic E-state index is 12.9. The molecule has 11 heteroatoms. The summed E-state index contributed by atoms with van der Waals surface area (Å²) in [7, 11) is -4.19. The van der Waals surface area contributed by atoms with Gasteiger partial charge in [-0.15, -0.1) is 0 Å². The number of hydrogen-bond donors (Lipinski definition) is 1. The molecule has 2 aromatic rings. The summed E-state index contributed by atoms with van der Waals surface area (Å²) in [6.07, 6.45) is 2.80. The minimum Gasteiger partial charge on any atom is -0.433 e. The van der Waals surface area contributed by atoms with E-state index in [4.69, 9.17) is 23.2 Å². The molecule has 2 aromatic carbocycles. The predicted molar refractivity (Wildman–Crippen MR) is 110 cm³/mol. The number of likely N-dealkylation sites (tertiary alicyclic amines) is 1. The zero-order chi connectivity index (χ0) is 21.9. The number of sulfonamides is 1. The van der Waals surface area contributed by atoms with E-state index in [9.17, 15) is 22.0 Å². The zero-order valence-corrected chi connectivity index (χ0v) is 17.9. The van der Waals surface area contributed by atoms with Crippen molar-refractivity contribution >= 4 is 44.8 Å². The summed E-state index contributed by atoms with van der Waals surface area (Å²) in [6, 6.07) is 7.39. The molecule has 0 saturated carbocycles. The van der Waals surface area contributed by atoms with Crippen molar-refractivity contribution in [3.05, 3.63) is 52.0 Å². The van der Waals surface area contributed by atoms with Crippen LogP contribution in [-0.2, 0) is 10.0 Å². The summed E-state index contributed by atoms with van der Waals surface area (Å²) in [4.78, 5) is 14.3. The molecular formula is C19H18Cl2F2N2O4S. The highest BCUT2D eigenvalue weighted by molar-refractivity contribution is 7.92. The summed E-state index contributed by atoms with van der Waals surface area (Å²) in [6.45, 7) is -1.91. The van der Waals surface area contributed by atoms with Gasteiger partial charge in [-0.2, -0.15) is 8.78 Å². The van der Waals surface area contributed by atoms with Crippen molar-refractivity contribution in [1.29, 1.82) is 0 Å². The topological polar surface area (TPSA) is 75.7 Å². The van der Waals surface area contributed by atoms with Crippen LogP contribution < -0.4 is 9.46 Å². The summed E-state index contributed by atoms with van der Waals surface area (Å²) >= 11 is 11.9. The van der Waals surface area contributed by atoms with Crippen LogP contribution in [0.2, 0.25) is 10.0 Å². The highest BCUT2D eigenvalue weighted by atomic mass is 35.5. The van der Waals surface area contributed by atoms with Crippen molar-refractivity contribution in [3.8, 4) is 5.75 Å². The fourth-order valence-corrected chi connectivity index (χ4v) is 4.66. The van der Waals surface area contributed by atoms with Crippen LogP contribution >= 0.6 is 23.2 Å². The largest absolute Gasteiger partial charge is 0.433 e. The third kappa shape index (κ3) is 5.33. The van der Waals surface area contributed by atoms with E-state index in [0.717, 1.165) is 37.5 Å². The fraction of sp³-hybridized carbons (Fsp3) is 0.316. The predicted octanol–water partition coefficient (Wildman–Crippen LogP) is 5.02. The van der Waals surface area contributed by atoms with Gasteiger partial charge in [0.05, 0.1) is 21.2 Å². The molecule has 3 rings (SSSR count). The van der Waals surface area contributed by atoms with Crippen molar-refractivity contribution in [2.45, 2.75) is 30.8 Å². The molecule has 0 spiro atoms. The lowest BCUT2D eigenvalue weighted by molar-refractivity contribution is -0.0498. The molecule has 1 fully saturated rings. The van der Waals surface area contributed by atoms with Gasteiger partial charge in [0.25, 0.3) is 15.9 Å². The summed E-state index contributed by atoms with van der Waals surface area (Å²) in [5, 5.41) is -0.0597. The summed E-state index contributed by atoms with van der Waals surface area (Å²) in [5.41, 5.74) is 0.177. The van der Waals surface area contributed by atoms with Crippen LogP contribution in [0.25, 0.3) is 0 Å². The van der Waals surface area contributed by atoms with Crippen LogP contribution in [0.1, 0.15) is 29.6 Å². The second-order valence-corrected chi connectivity index (χ2v) is 9.15. The number of amides is 1. The molecule has 1 heterocycles. The average Bonchev–Trinajstić information content (AvgIpc) is 2.69. The fourth-order valence-electron chi connectivity index (χ4n) is 3.10. The Morgan fingerprint density at radius 3 is 2.40 bits per heavy atom. The quantitative estimate of drug-likeness (QED) is 0.632. The SMILES string of the molecule is O=C(c1ccc(Cl)cc1NS(=O)(=O)c1ccc(OC(F)F)c(Cl)c1)N1CCCCC1. The number of benzene rings is 2. The van der Waals surface area contributed by atoms with Crippen LogP contribution in [0.15, 0.2) is 41.3 Å². The van der Waals surface area contributed by atoms with Crippen molar-refractivity contribution in [1.82, 2.24) is 4.90 Å². The molecule has 0 atom stereocenters. The van der Waals surface area contributed by atoms with Gasteiger partial charge < -0.3 is 9.64 Å². The van der Waals surface area contributed by atoms with Gasteiger partial charge in [-0.3, -0.25) is 9.52 Å². The Morgan fingerprint density at radius 2 is 1.77 bits per heavy atom. The highest BCUT2D eigenvalue weighted by Crippen LogP contribution is 2.31. The molecule has 1 aliphatic rings. The third-order valence-electron chi connectivity index (χ3n) is 4.53. The first-order chi connectivity index (χ1) is 14.2. The third-order valence-corrected chi connectivity index (χ3v) is 6.42. The number of halogens is 4.